The Labute approximate surface area is 118 Å². The minimum atomic E-state index is -0.465. The lowest BCUT2D eigenvalue weighted by atomic mass is 10.1. The molecule has 0 saturated carbocycles. The van der Waals surface area contributed by atoms with E-state index in [1.165, 1.54) is 19.1 Å². The number of carbonyl (C=O) groups is 2. The van der Waals surface area contributed by atoms with E-state index in [-0.39, 0.29) is 19.1 Å². The molecule has 20 heavy (non-hydrogen) atoms. The van der Waals surface area contributed by atoms with Crippen LogP contribution in [0, 0.1) is 11.8 Å². The van der Waals surface area contributed by atoms with Crippen molar-refractivity contribution in [3.8, 4) is 11.8 Å². The number of likely N-dealkylation sites (N-methyl/N-ethyl adjacent to an activating group) is 1. The van der Waals surface area contributed by atoms with Crippen molar-refractivity contribution in [1.29, 1.82) is 0 Å². The van der Waals surface area contributed by atoms with Crippen molar-refractivity contribution in [2.24, 2.45) is 0 Å². The fraction of sp³-hybridized carbons (Fsp3) is 0.333. The van der Waals surface area contributed by atoms with Crippen LogP contribution in [-0.4, -0.2) is 49.2 Å². The zero-order valence-electron chi connectivity index (χ0n) is 11.5. The Morgan fingerprint density at radius 2 is 1.95 bits per heavy atom. The third-order valence-electron chi connectivity index (χ3n) is 2.54. The highest BCUT2D eigenvalue weighted by atomic mass is 16.5. The summed E-state index contributed by atoms with van der Waals surface area (Å²) in [6.07, 6.45) is 0.419. The van der Waals surface area contributed by atoms with Gasteiger partial charge < -0.3 is 14.7 Å². The minimum Gasteiger partial charge on any atom is -0.468 e. The van der Waals surface area contributed by atoms with Gasteiger partial charge in [-0.05, 0) is 24.3 Å². The Morgan fingerprint density at radius 3 is 2.50 bits per heavy atom. The van der Waals surface area contributed by atoms with Crippen molar-refractivity contribution in [3.63, 3.8) is 0 Å². The zero-order valence-corrected chi connectivity index (χ0v) is 11.5. The molecule has 0 saturated heterocycles. The van der Waals surface area contributed by atoms with Crippen LogP contribution < -0.4 is 0 Å². The Balaban J connectivity index is 2.71. The first-order chi connectivity index (χ1) is 9.58. The van der Waals surface area contributed by atoms with Crippen LogP contribution in [0.3, 0.4) is 0 Å². The Hall–Kier alpha value is -2.32. The predicted molar refractivity (Wildman–Crippen MR) is 74.0 cm³/mol. The van der Waals surface area contributed by atoms with Gasteiger partial charge in [0.2, 0.25) is 0 Å². The SMILES string of the molecule is COC(=O)CN(C)C(=O)c1ccc(C#CCCO)cc1. The van der Waals surface area contributed by atoms with Crippen molar-refractivity contribution < 1.29 is 19.4 Å². The molecule has 0 radical (unpaired) electrons. The second kappa shape index (κ2) is 7.97. The molecule has 0 aliphatic rings. The van der Waals surface area contributed by atoms with E-state index in [1.807, 2.05) is 0 Å². The molecule has 1 aromatic rings. The predicted octanol–water partition coefficient (Wildman–Crippen LogP) is 0.665. The van der Waals surface area contributed by atoms with Crippen molar-refractivity contribution in [1.82, 2.24) is 4.90 Å². The largest absolute Gasteiger partial charge is 0.468 e. The lowest BCUT2D eigenvalue weighted by Crippen LogP contribution is -2.32. The lowest BCUT2D eigenvalue weighted by molar-refractivity contribution is -0.141. The summed E-state index contributed by atoms with van der Waals surface area (Å²) in [5.41, 5.74) is 1.25. The molecule has 0 heterocycles. The van der Waals surface area contributed by atoms with Gasteiger partial charge in [-0.15, -0.1) is 0 Å². The van der Waals surface area contributed by atoms with Gasteiger partial charge in [-0.2, -0.15) is 0 Å². The van der Waals surface area contributed by atoms with E-state index in [0.717, 1.165) is 5.56 Å². The molecular formula is C15H17NO4. The first-order valence-electron chi connectivity index (χ1n) is 6.10. The number of hydrogen-bond donors (Lipinski definition) is 1. The van der Waals surface area contributed by atoms with Gasteiger partial charge in [-0.1, -0.05) is 11.8 Å². The number of hydrogen-bond acceptors (Lipinski definition) is 4. The van der Waals surface area contributed by atoms with Crippen LogP contribution in [0.4, 0.5) is 0 Å². The van der Waals surface area contributed by atoms with Crippen molar-refractivity contribution in [3.05, 3.63) is 35.4 Å². The summed E-state index contributed by atoms with van der Waals surface area (Å²) in [4.78, 5) is 24.4. The summed E-state index contributed by atoms with van der Waals surface area (Å²) in [6, 6.07) is 6.76. The summed E-state index contributed by atoms with van der Waals surface area (Å²) < 4.78 is 4.51. The number of esters is 1. The molecule has 0 aliphatic heterocycles. The highest BCUT2D eigenvalue weighted by Crippen LogP contribution is 2.06. The number of methoxy groups -OCH3 is 1. The van der Waals surface area contributed by atoms with Crippen LogP contribution in [0.5, 0.6) is 0 Å². The first-order valence-corrected chi connectivity index (χ1v) is 6.10. The topological polar surface area (TPSA) is 66.8 Å². The van der Waals surface area contributed by atoms with E-state index in [1.54, 1.807) is 24.3 Å². The fourth-order valence-corrected chi connectivity index (χ4v) is 1.47. The number of amides is 1. The normalized spacial score (nSPS) is 9.35. The number of aliphatic hydroxyl groups excluding tert-OH is 1. The maximum absolute atomic E-state index is 12.0. The molecule has 0 aliphatic carbocycles. The van der Waals surface area contributed by atoms with Crippen molar-refractivity contribution in [2.75, 3.05) is 27.3 Å². The van der Waals surface area contributed by atoms with Crippen molar-refractivity contribution >= 4 is 11.9 Å². The van der Waals surface area contributed by atoms with Gasteiger partial charge >= 0.3 is 5.97 Å². The number of nitrogens with zero attached hydrogens (tertiary/aromatic N) is 1. The van der Waals surface area contributed by atoms with Crippen LogP contribution in [0.1, 0.15) is 22.3 Å². The van der Waals surface area contributed by atoms with Gasteiger partial charge in [0.05, 0.1) is 13.7 Å². The summed E-state index contributed by atoms with van der Waals surface area (Å²) in [5, 5.41) is 8.62. The molecule has 0 spiro atoms. The van der Waals surface area contributed by atoms with E-state index in [0.29, 0.717) is 12.0 Å². The van der Waals surface area contributed by atoms with Crippen LogP contribution in [-0.2, 0) is 9.53 Å². The molecule has 1 rings (SSSR count). The quantitative estimate of drug-likeness (QED) is 0.647. The summed E-state index contributed by atoms with van der Waals surface area (Å²) in [5.74, 6) is 4.95. The molecule has 0 unspecified atom stereocenters. The Kier molecular flexibility index (Phi) is 6.27. The van der Waals surface area contributed by atoms with Gasteiger partial charge in [-0.3, -0.25) is 9.59 Å². The van der Waals surface area contributed by atoms with Gasteiger partial charge in [0.25, 0.3) is 5.91 Å². The number of rotatable bonds is 4. The third-order valence-corrected chi connectivity index (χ3v) is 2.54. The summed E-state index contributed by atoms with van der Waals surface area (Å²) >= 11 is 0. The van der Waals surface area contributed by atoms with E-state index in [4.69, 9.17) is 5.11 Å². The Bertz CT molecular complexity index is 525. The zero-order chi connectivity index (χ0) is 15.0. The Morgan fingerprint density at radius 1 is 1.30 bits per heavy atom. The molecule has 106 valence electrons. The lowest BCUT2D eigenvalue weighted by Gasteiger charge is -2.15. The summed E-state index contributed by atoms with van der Waals surface area (Å²) in [7, 11) is 2.81. The van der Waals surface area contributed by atoms with E-state index in [2.05, 4.69) is 16.6 Å². The molecule has 0 atom stereocenters. The molecule has 0 fully saturated rings. The van der Waals surface area contributed by atoms with Crippen LogP contribution >= 0.6 is 0 Å². The highest BCUT2D eigenvalue weighted by Gasteiger charge is 2.14. The monoisotopic (exact) mass is 275 g/mol. The summed E-state index contributed by atoms with van der Waals surface area (Å²) in [6.45, 7) is -0.0602. The smallest absolute Gasteiger partial charge is 0.325 e. The number of benzene rings is 1. The van der Waals surface area contributed by atoms with Crippen LogP contribution in [0.2, 0.25) is 0 Å². The van der Waals surface area contributed by atoms with Crippen LogP contribution in [0.25, 0.3) is 0 Å². The van der Waals surface area contributed by atoms with E-state index in [9.17, 15) is 9.59 Å². The average molecular weight is 275 g/mol. The first kappa shape index (κ1) is 15.7. The molecule has 0 aromatic heterocycles. The van der Waals surface area contributed by atoms with Crippen LogP contribution in [0.15, 0.2) is 24.3 Å². The third kappa shape index (κ3) is 4.75. The molecule has 5 nitrogen and oxygen atoms in total. The minimum absolute atomic E-state index is 0.0297. The molecular weight excluding hydrogens is 258 g/mol. The van der Waals surface area contributed by atoms with E-state index >= 15 is 0 Å². The molecule has 1 aromatic carbocycles. The second-order valence-electron chi connectivity index (χ2n) is 4.09. The van der Waals surface area contributed by atoms with E-state index < -0.39 is 5.97 Å². The maximum atomic E-state index is 12.0. The van der Waals surface area contributed by atoms with Gasteiger partial charge in [-0.25, -0.2) is 0 Å². The number of aliphatic hydroxyl groups is 1. The van der Waals surface area contributed by atoms with Gasteiger partial charge in [0.1, 0.15) is 6.54 Å². The fourth-order valence-electron chi connectivity index (χ4n) is 1.47. The molecule has 1 amide bonds. The average Bonchev–Trinajstić information content (AvgIpc) is 2.47. The molecule has 1 N–H and O–H groups in total. The number of ether oxygens (including phenoxy) is 1. The second-order valence-corrected chi connectivity index (χ2v) is 4.09. The molecule has 5 heteroatoms. The maximum Gasteiger partial charge on any atom is 0.325 e. The molecule has 0 bridgehead atoms. The van der Waals surface area contributed by atoms with Crippen molar-refractivity contribution in [2.45, 2.75) is 6.42 Å². The van der Waals surface area contributed by atoms with Gasteiger partial charge in [0, 0.05) is 24.6 Å². The standard InChI is InChI=1S/C15H17NO4/c1-16(11-14(18)20-2)15(19)13-8-6-12(7-9-13)5-3-4-10-17/h6-9,17H,4,10-11H2,1-2H3. The highest BCUT2D eigenvalue weighted by molar-refractivity contribution is 5.95. The van der Waals surface area contributed by atoms with Gasteiger partial charge in [0.15, 0.2) is 0 Å². The number of carbonyl (C=O) groups excluding carboxylic acids is 2.